The average molecular weight is 439 g/mol. The Morgan fingerprint density at radius 2 is 1.81 bits per heavy atom. The van der Waals surface area contributed by atoms with Gasteiger partial charge in [0.2, 0.25) is 0 Å². The predicted molar refractivity (Wildman–Crippen MR) is 120 cm³/mol. The van der Waals surface area contributed by atoms with Gasteiger partial charge < -0.3 is 9.47 Å². The van der Waals surface area contributed by atoms with Gasteiger partial charge in [0.15, 0.2) is 11.5 Å². The number of ether oxygens (including phenoxy) is 2. The van der Waals surface area contributed by atoms with Crippen LogP contribution in [0.2, 0.25) is 5.02 Å². The second-order valence-electron chi connectivity index (χ2n) is 7.47. The van der Waals surface area contributed by atoms with Crippen LogP contribution in [-0.2, 0) is 13.0 Å². The monoisotopic (exact) mass is 438 g/mol. The van der Waals surface area contributed by atoms with Crippen LogP contribution >= 0.6 is 11.6 Å². The highest BCUT2D eigenvalue weighted by atomic mass is 35.5. The van der Waals surface area contributed by atoms with E-state index in [2.05, 4.69) is 4.90 Å². The van der Waals surface area contributed by atoms with E-state index in [0.717, 1.165) is 24.1 Å². The van der Waals surface area contributed by atoms with Crippen molar-refractivity contribution in [2.45, 2.75) is 19.0 Å². The Labute approximate surface area is 186 Å². The lowest BCUT2D eigenvalue weighted by Crippen LogP contribution is -2.36. The zero-order valence-corrected chi connectivity index (χ0v) is 18.1. The first kappa shape index (κ1) is 21.2. The van der Waals surface area contributed by atoms with Gasteiger partial charge in [-0.2, -0.15) is 0 Å². The second-order valence-corrected chi connectivity index (χ2v) is 7.91. The van der Waals surface area contributed by atoms with E-state index in [0.29, 0.717) is 28.6 Å². The van der Waals surface area contributed by atoms with Crippen molar-refractivity contribution in [1.29, 1.82) is 0 Å². The molecule has 0 spiro atoms. The zero-order chi connectivity index (χ0) is 22.0. The van der Waals surface area contributed by atoms with E-state index in [1.54, 1.807) is 26.4 Å². The Kier molecular flexibility index (Phi) is 6.11. The van der Waals surface area contributed by atoms with Crippen LogP contribution in [0.5, 0.6) is 11.5 Å². The summed E-state index contributed by atoms with van der Waals surface area (Å²) in [5.41, 5.74) is 4.10. The topological polar surface area (TPSA) is 64.8 Å². The smallest absolute Gasteiger partial charge is 0.273 e. The molecule has 0 bridgehead atoms. The number of fused-ring (bicyclic) bond motifs is 1. The fourth-order valence-corrected chi connectivity index (χ4v) is 4.48. The van der Waals surface area contributed by atoms with Crippen molar-refractivity contribution in [3.8, 4) is 11.5 Å². The molecule has 1 aliphatic heterocycles. The fraction of sp³-hybridized carbons (Fsp3) is 0.250. The van der Waals surface area contributed by atoms with Gasteiger partial charge in [0.05, 0.1) is 25.2 Å². The number of benzene rings is 3. The molecule has 0 amide bonds. The van der Waals surface area contributed by atoms with Crippen LogP contribution in [0.3, 0.4) is 0 Å². The minimum atomic E-state index is -0.324. The third-order valence-electron chi connectivity index (χ3n) is 5.70. The molecule has 7 heteroatoms. The molecular weight excluding hydrogens is 416 g/mol. The molecule has 31 heavy (non-hydrogen) atoms. The highest BCUT2D eigenvalue weighted by Gasteiger charge is 2.31. The van der Waals surface area contributed by atoms with Crippen molar-refractivity contribution in [1.82, 2.24) is 4.90 Å². The van der Waals surface area contributed by atoms with E-state index in [-0.39, 0.29) is 16.7 Å². The Morgan fingerprint density at radius 1 is 1.06 bits per heavy atom. The number of nitro groups is 1. The standard InChI is InChI=1S/C24H23ClN2O4/c1-30-22-13-16-10-11-26(15-18-6-3-4-9-21(18)27(28)29)24(20(16)14-23(22)31-2)17-7-5-8-19(25)12-17/h3-9,12-14,24H,10-11,15H2,1-2H3. The van der Waals surface area contributed by atoms with Crippen molar-refractivity contribution >= 4 is 17.3 Å². The predicted octanol–water partition coefficient (Wildman–Crippen LogP) is 5.41. The minimum Gasteiger partial charge on any atom is -0.493 e. The summed E-state index contributed by atoms with van der Waals surface area (Å²) in [6, 6.07) is 18.6. The van der Waals surface area contributed by atoms with Gasteiger partial charge in [-0.05, 0) is 47.4 Å². The molecule has 0 radical (unpaired) electrons. The lowest BCUT2D eigenvalue weighted by Gasteiger charge is -2.38. The summed E-state index contributed by atoms with van der Waals surface area (Å²) >= 11 is 6.32. The molecule has 3 aromatic rings. The van der Waals surface area contributed by atoms with Crippen molar-refractivity contribution in [3.63, 3.8) is 0 Å². The molecule has 3 aromatic carbocycles. The van der Waals surface area contributed by atoms with Gasteiger partial charge >= 0.3 is 0 Å². The first-order valence-electron chi connectivity index (χ1n) is 9.98. The number of rotatable bonds is 6. The molecule has 0 N–H and O–H groups in total. The lowest BCUT2D eigenvalue weighted by atomic mass is 9.87. The number of hydrogen-bond donors (Lipinski definition) is 0. The van der Waals surface area contributed by atoms with Gasteiger partial charge in [-0.15, -0.1) is 0 Å². The molecular formula is C24H23ClN2O4. The summed E-state index contributed by atoms with van der Waals surface area (Å²) in [4.78, 5) is 13.5. The minimum absolute atomic E-state index is 0.123. The Bertz CT molecular complexity index is 1120. The van der Waals surface area contributed by atoms with E-state index in [9.17, 15) is 10.1 Å². The maximum absolute atomic E-state index is 11.6. The van der Waals surface area contributed by atoms with Gasteiger partial charge in [-0.1, -0.05) is 41.9 Å². The van der Waals surface area contributed by atoms with E-state index < -0.39 is 0 Å². The molecule has 0 aliphatic carbocycles. The van der Waals surface area contributed by atoms with Crippen LogP contribution < -0.4 is 9.47 Å². The fourth-order valence-electron chi connectivity index (χ4n) is 4.28. The maximum atomic E-state index is 11.6. The number of nitrogens with zero attached hydrogens (tertiary/aromatic N) is 2. The molecule has 1 heterocycles. The summed E-state index contributed by atoms with van der Waals surface area (Å²) in [7, 11) is 3.24. The SMILES string of the molecule is COc1cc2c(cc1OC)C(c1cccc(Cl)c1)N(Cc1ccccc1[N+](=O)[O-])CC2. The largest absolute Gasteiger partial charge is 0.493 e. The zero-order valence-electron chi connectivity index (χ0n) is 17.4. The van der Waals surface area contributed by atoms with Crippen molar-refractivity contribution < 1.29 is 14.4 Å². The van der Waals surface area contributed by atoms with E-state index >= 15 is 0 Å². The van der Waals surface area contributed by atoms with E-state index in [4.69, 9.17) is 21.1 Å². The third kappa shape index (κ3) is 4.22. The van der Waals surface area contributed by atoms with Crippen LogP contribution in [-0.4, -0.2) is 30.6 Å². The molecule has 0 fully saturated rings. The third-order valence-corrected chi connectivity index (χ3v) is 5.93. The van der Waals surface area contributed by atoms with Gasteiger partial charge in [-0.25, -0.2) is 0 Å². The van der Waals surface area contributed by atoms with Crippen LogP contribution in [0.25, 0.3) is 0 Å². The molecule has 1 atom stereocenters. The lowest BCUT2D eigenvalue weighted by molar-refractivity contribution is -0.385. The van der Waals surface area contributed by atoms with Crippen LogP contribution in [0.1, 0.15) is 28.3 Å². The van der Waals surface area contributed by atoms with Crippen molar-refractivity contribution in [3.05, 3.63) is 98.1 Å². The normalized spacial score (nSPS) is 15.9. The number of hydrogen-bond acceptors (Lipinski definition) is 5. The summed E-state index contributed by atoms with van der Waals surface area (Å²) in [5, 5.41) is 12.2. The molecule has 1 aliphatic rings. The van der Waals surface area contributed by atoms with Crippen LogP contribution in [0.4, 0.5) is 5.69 Å². The van der Waals surface area contributed by atoms with E-state index in [1.807, 2.05) is 48.5 Å². The molecule has 0 saturated carbocycles. The summed E-state index contributed by atoms with van der Waals surface area (Å²) in [6.07, 6.45) is 0.799. The second kappa shape index (κ2) is 8.96. The van der Waals surface area contributed by atoms with E-state index in [1.165, 1.54) is 5.56 Å². The van der Waals surface area contributed by atoms with Gasteiger partial charge in [0, 0.05) is 29.7 Å². The average Bonchev–Trinajstić information content (AvgIpc) is 2.78. The van der Waals surface area contributed by atoms with Crippen molar-refractivity contribution in [2.24, 2.45) is 0 Å². The van der Waals surface area contributed by atoms with Gasteiger partial charge in [0.1, 0.15) is 0 Å². The molecule has 4 rings (SSSR count). The molecule has 6 nitrogen and oxygen atoms in total. The maximum Gasteiger partial charge on any atom is 0.273 e. The quantitative estimate of drug-likeness (QED) is 0.380. The molecule has 160 valence electrons. The van der Waals surface area contributed by atoms with Gasteiger partial charge in [-0.3, -0.25) is 15.0 Å². The molecule has 1 unspecified atom stereocenters. The Hall–Kier alpha value is -3.09. The number of para-hydroxylation sites is 1. The van der Waals surface area contributed by atoms with Crippen LogP contribution in [0, 0.1) is 10.1 Å². The highest BCUT2D eigenvalue weighted by molar-refractivity contribution is 6.30. The number of halogens is 1. The van der Waals surface area contributed by atoms with Gasteiger partial charge in [0.25, 0.3) is 5.69 Å². The Balaban J connectivity index is 1.82. The summed E-state index contributed by atoms with van der Waals surface area (Å²) in [6.45, 7) is 1.19. The van der Waals surface area contributed by atoms with Crippen LogP contribution in [0.15, 0.2) is 60.7 Å². The summed E-state index contributed by atoms with van der Waals surface area (Å²) < 4.78 is 11.0. The van der Waals surface area contributed by atoms with Crippen molar-refractivity contribution in [2.75, 3.05) is 20.8 Å². The first-order chi connectivity index (χ1) is 15.0. The summed E-state index contributed by atoms with van der Waals surface area (Å²) in [5.74, 6) is 1.35. The highest BCUT2D eigenvalue weighted by Crippen LogP contribution is 2.42. The Morgan fingerprint density at radius 3 is 2.52 bits per heavy atom. The number of methoxy groups -OCH3 is 2. The molecule has 0 aromatic heterocycles. The molecule has 0 saturated heterocycles. The number of nitro benzene ring substituents is 1. The first-order valence-corrected chi connectivity index (χ1v) is 10.4.